The Morgan fingerprint density at radius 2 is 2.00 bits per heavy atom. The second-order valence-corrected chi connectivity index (χ2v) is 5.01. The summed E-state index contributed by atoms with van der Waals surface area (Å²) >= 11 is 7.40. The van der Waals surface area contributed by atoms with Crippen molar-refractivity contribution in [1.29, 1.82) is 0 Å². The normalized spacial score (nSPS) is 10.6. The molecule has 2 aromatic rings. The monoisotopic (exact) mass is 251 g/mol. The molecule has 84 valence electrons. The molecule has 16 heavy (non-hydrogen) atoms. The Bertz CT molecular complexity index is 425. The standard InChI is InChI=1S/C13H14ClNS/c14-8-4-7-12-10-16-13(15-12)9-11-5-2-1-3-6-11/h1-3,5-6,10H,4,7-9H2. The zero-order valence-electron chi connectivity index (χ0n) is 9.03. The number of alkyl halides is 1. The van der Waals surface area contributed by atoms with E-state index in [0.29, 0.717) is 5.88 Å². The van der Waals surface area contributed by atoms with Crippen molar-refractivity contribution in [3.8, 4) is 0 Å². The van der Waals surface area contributed by atoms with Crippen molar-refractivity contribution in [2.45, 2.75) is 19.3 Å². The van der Waals surface area contributed by atoms with Gasteiger partial charge in [0.1, 0.15) is 0 Å². The van der Waals surface area contributed by atoms with Crippen LogP contribution < -0.4 is 0 Å². The van der Waals surface area contributed by atoms with Gasteiger partial charge in [-0.3, -0.25) is 0 Å². The molecule has 1 aromatic carbocycles. The fourth-order valence-electron chi connectivity index (χ4n) is 1.56. The third kappa shape index (κ3) is 3.32. The van der Waals surface area contributed by atoms with Gasteiger partial charge in [0.05, 0.1) is 10.7 Å². The molecule has 1 aromatic heterocycles. The van der Waals surface area contributed by atoms with Gasteiger partial charge < -0.3 is 0 Å². The van der Waals surface area contributed by atoms with Crippen molar-refractivity contribution in [2.24, 2.45) is 0 Å². The topological polar surface area (TPSA) is 12.9 Å². The lowest BCUT2D eigenvalue weighted by atomic mass is 10.2. The Balaban J connectivity index is 1.97. The molecule has 0 atom stereocenters. The quantitative estimate of drug-likeness (QED) is 0.735. The van der Waals surface area contributed by atoms with E-state index in [2.05, 4.69) is 34.6 Å². The zero-order valence-corrected chi connectivity index (χ0v) is 10.6. The lowest BCUT2D eigenvalue weighted by molar-refractivity contribution is 0.889. The first-order chi connectivity index (χ1) is 7.88. The summed E-state index contributed by atoms with van der Waals surface area (Å²) < 4.78 is 0. The maximum atomic E-state index is 5.66. The van der Waals surface area contributed by atoms with Crippen LogP contribution in [0.15, 0.2) is 35.7 Å². The van der Waals surface area contributed by atoms with Gasteiger partial charge in [-0.1, -0.05) is 30.3 Å². The number of aryl methyl sites for hydroxylation is 1. The SMILES string of the molecule is ClCCCc1csc(Cc2ccccc2)n1. The molecule has 0 bridgehead atoms. The van der Waals surface area contributed by atoms with Crippen LogP contribution in [0.5, 0.6) is 0 Å². The molecular formula is C13H14ClNS. The van der Waals surface area contributed by atoms with Crippen molar-refractivity contribution >= 4 is 22.9 Å². The second kappa shape index (κ2) is 6.02. The van der Waals surface area contributed by atoms with Gasteiger partial charge in [0.15, 0.2) is 0 Å². The Hall–Kier alpha value is -0.860. The molecule has 0 saturated carbocycles. The summed E-state index contributed by atoms with van der Waals surface area (Å²) in [5.41, 5.74) is 2.50. The molecule has 0 spiro atoms. The van der Waals surface area contributed by atoms with Crippen LogP contribution in [0.2, 0.25) is 0 Å². The Kier molecular flexibility index (Phi) is 4.37. The van der Waals surface area contributed by atoms with E-state index in [0.717, 1.165) is 19.3 Å². The highest BCUT2D eigenvalue weighted by Gasteiger charge is 2.02. The molecule has 2 rings (SSSR count). The zero-order chi connectivity index (χ0) is 11.2. The van der Waals surface area contributed by atoms with Crippen LogP contribution in [0.4, 0.5) is 0 Å². The van der Waals surface area contributed by atoms with E-state index in [1.807, 2.05) is 6.07 Å². The summed E-state index contributed by atoms with van der Waals surface area (Å²) in [5, 5.41) is 3.33. The summed E-state index contributed by atoms with van der Waals surface area (Å²) in [6.45, 7) is 0. The lowest BCUT2D eigenvalue weighted by Gasteiger charge is -1.96. The van der Waals surface area contributed by atoms with Gasteiger partial charge in [-0.25, -0.2) is 4.98 Å². The van der Waals surface area contributed by atoms with Gasteiger partial charge in [-0.2, -0.15) is 0 Å². The predicted octanol–water partition coefficient (Wildman–Crippen LogP) is 3.91. The number of nitrogens with zero attached hydrogens (tertiary/aromatic N) is 1. The number of halogens is 1. The van der Waals surface area contributed by atoms with Gasteiger partial charge >= 0.3 is 0 Å². The molecule has 1 heterocycles. The van der Waals surface area contributed by atoms with Gasteiger partial charge in [-0.15, -0.1) is 22.9 Å². The van der Waals surface area contributed by atoms with Crippen LogP contribution in [0.25, 0.3) is 0 Å². The molecule has 0 N–H and O–H groups in total. The molecule has 0 aliphatic heterocycles. The first kappa shape index (κ1) is 11.6. The van der Waals surface area contributed by atoms with Crippen molar-refractivity contribution < 1.29 is 0 Å². The number of benzene rings is 1. The number of rotatable bonds is 5. The average molecular weight is 252 g/mol. The summed E-state index contributed by atoms with van der Waals surface area (Å²) in [4.78, 5) is 4.60. The highest BCUT2D eigenvalue weighted by Crippen LogP contribution is 2.15. The van der Waals surface area contributed by atoms with Crippen molar-refractivity contribution in [2.75, 3.05) is 5.88 Å². The molecule has 0 amide bonds. The second-order valence-electron chi connectivity index (χ2n) is 3.69. The van der Waals surface area contributed by atoms with E-state index in [9.17, 15) is 0 Å². The summed E-state index contributed by atoms with van der Waals surface area (Å²) in [7, 11) is 0. The summed E-state index contributed by atoms with van der Waals surface area (Å²) in [6.07, 6.45) is 2.94. The van der Waals surface area contributed by atoms with Gasteiger partial charge in [0.25, 0.3) is 0 Å². The fraction of sp³-hybridized carbons (Fsp3) is 0.308. The predicted molar refractivity (Wildman–Crippen MR) is 70.4 cm³/mol. The average Bonchev–Trinajstić information content (AvgIpc) is 2.75. The minimum Gasteiger partial charge on any atom is -0.246 e. The smallest absolute Gasteiger partial charge is 0.0972 e. The molecule has 3 heteroatoms. The molecule has 0 saturated heterocycles. The lowest BCUT2D eigenvalue weighted by Crippen LogP contribution is -1.90. The van der Waals surface area contributed by atoms with Crippen LogP contribution in [0.3, 0.4) is 0 Å². The summed E-state index contributed by atoms with van der Waals surface area (Å²) in [5.74, 6) is 0.714. The fourth-order valence-corrected chi connectivity index (χ4v) is 2.56. The van der Waals surface area contributed by atoms with Crippen LogP contribution in [0.1, 0.15) is 22.7 Å². The van der Waals surface area contributed by atoms with Crippen LogP contribution in [-0.2, 0) is 12.8 Å². The van der Waals surface area contributed by atoms with Gasteiger partial charge in [-0.05, 0) is 18.4 Å². The molecule has 0 fully saturated rings. The number of thiazole rings is 1. The first-order valence-corrected chi connectivity index (χ1v) is 6.83. The number of hydrogen-bond acceptors (Lipinski definition) is 2. The van der Waals surface area contributed by atoms with E-state index >= 15 is 0 Å². The van der Waals surface area contributed by atoms with Crippen LogP contribution >= 0.6 is 22.9 Å². The molecule has 1 nitrogen and oxygen atoms in total. The van der Waals surface area contributed by atoms with Crippen molar-refractivity contribution in [1.82, 2.24) is 4.98 Å². The molecule has 0 radical (unpaired) electrons. The van der Waals surface area contributed by atoms with Gasteiger partial charge in [0.2, 0.25) is 0 Å². The minimum absolute atomic E-state index is 0.714. The number of aromatic nitrogens is 1. The molecular weight excluding hydrogens is 238 g/mol. The molecule has 0 aliphatic carbocycles. The Morgan fingerprint density at radius 3 is 2.75 bits per heavy atom. The third-order valence-corrected chi connectivity index (χ3v) is 3.53. The van der Waals surface area contributed by atoms with Crippen LogP contribution in [-0.4, -0.2) is 10.9 Å². The van der Waals surface area contributed by atoms with Crippen molar-refractivity contribution in [3.05, 3.63) is 52.0 Å². The Labute approximate surface area is 105 Å². The largest absolute Gasteiger partial charge is 0.246 e. The summed E-state index contributed by atoms with van der Waals surface area (Å²) in [6, 6.07) is 10.5. The van der Waals surface area contributed by atoms with Gasteiger partial charge in [0, 0.05) is 17.7 Å². The third-order valence-electron chi connectivity index (χ3n) is 2.36. The van der Waals surface area contributed by atoms with E-state index in [1.165, 1.54) is 16.3 Å². The molecule has 0 unspecified atom stereocenters. The maximum absolute atomic E-state index is 5.66. The van der Waals surface area contributed by atoms with E-state index in [-0.39, 0.29) is 0 Å². The first-order valence-electron chi connectivity index (χ1n) is 5.41. The highest BCUT2D eigenvalue weighted by atomic mass is 35.5. The highest BCUT2D eigenvalue weighted by molar-refractivity contribution is 7.09. The maximum Gasteiger partial charge on any atom is 0.0972 e. The van der Waals surface area contributed by atoms with Crippen molar-refractivity contribution in [3.63, 3.8) is 0 Å². The van der Waals surface area contributed by atoms with Crippen LogP contribution in [0, 0.1) is 0 Å². The minimum atomic E-state index is 0.714. The molecule has 0 aliphatic rings. The number of hydrogen-bond donors (Lipinski definition) is 0. The van der Waals surface area contributed by atoms with E-state index < -0.39 is 0 Å². The Morgan fingerprint density at radius 1 is 1.19 bits per heavy atom. The van der Waals surface area contributed by atoms with E-state index in [4.69, 9.17) is 11.6 Å². The van der Waals surface area contributed by atoms with E-state index in [1.54, 1.807) is 11.3 Å².